The van der Waals surface area contributed by atoms with Crippen LogP contribution in [0.4, 0.5) is 5.69 Å². The minimum atomic E-state index is -0.847. The third-order valence-electron chi connectivity index (χ3n) is 4.08. The first-order chi connectivity index (χ1) is 10.0. The van der Waals surface area contributed by atoms with Crippen LogP contribution in [0.5, 0.6) is 0 Å². The second-order valence-electron chi connectivity index (χ2n) is 5.60. The van der Waals surface area contributed by atoms with Gasteiger partial charge in [-0.05, 0) is 32.2 Å². The van der Waals surface area contributed by atoms with Crippen LogP contribution >= 0.6 is 0 Å². The molecule has 1 aromatic carbocycles. The first kappa shape index (κ1) is 13.9. The molecule has 112 valence electrons. The number of rotatable bonds is 3. The minimum absolute atomic E-state index is 0.0454. The fourth-order valence-corrected chi connectivity index (χ4v) is 2.83. The Labute approximate surface area is 123 Å². The lowest BCUT2D eigenvalue weighted by atomic mass is 10.2. The third-order valence-corrected chi connectivity index (χ3v) is 4.08. The molecule has 1 aliphatic heterocycles. The van der Waals surface area contributed by atoms with E-state index in [4.69, 9.17) is 5.11 Å². The number of aromatic nitrogens is 2. The Morgan fingerprint density at radius 1 is 1.29 bits per heavy atom. The summed E-state index contributed by atoms with van der Waals surface area (Å²) in [6, 6.07) is 6.10. The average Bonchev–Trinajstić information content (AvgIpc) is 2.74. The Hall–Kier alpha value is -2.08. The molecule has 0 spiro atoms. The quantitative estimate of drug-likeness (QED) is 0.919. The Kier molecular flexibility index (Phi) is 3.55. The van der Waals surface area contributed by atoms with E-state index in [2.05, 4.69) is 34.0 Å². The number of carbonyl (C=O) groups is 1. The zero-order valence-corrected chi connectivity index (χ0v) is 12.4. The average molecular weight is 288 g/mol. The summed E-state index contributed by atoms with van der Waals surface area (Å²) in [5, 5.41) is 8.99. The molecule has 0 atom stereocenters. The molecular weight excluding hydrogens is 268 g/mol. The predicted molar refractivity (Wildman–Crippen MR) is 81.8 cm³/mol. The maximum absolute atomic E-state index is 10.9. The lowest BCUT2D eigenvalue weighted by Crippen LogP contribution is -2.44. The van der Waals surface area contributed by atoms with Crippen LogP contribution in [0, 0.1) is 6.92 Å². The Balaban J connectivity index is 1.92. The molecule has 1 aromatic heterocycles. The number of fused-ring (bicyclic) bond motifs is 1. The second-order valence-corrected chi connectivity index (χ2v) is 5.60. The van der Waals surface area contributed by atoms with Gasteiger partial charge in [0.1, 0.15) is 12.4 Å². The molecule has 1 aliphatic rings. The Morgan fingerprint density at radius 3 is 2.67 bits per heavy atom. The van der Waals surface area contributed by atoms with Gasteiger partial charge in [0.15, 0.2) is 0 Å². The Bertz CT molecular complexity index is 672. The van der Waals surface area contributed by atoms with Gasteiger partial charge in [-0.25, -0.2) is 4.98 Å². The van der Waals surface area contributed by atoms with Gasteiger partial charge in [0.25, 0.3) is 0 Å². The molecule has 1 fully saturated rings. The third kappa shape index (κ3) is 2.71. The SMILES string of the molecule is Cc1nc2cc(N3CCN(C)CC3)ccc2n1CC(=O)O. The van der Waals surface area contributed by atoms with Crippen LogP contribution in [0.3, 0.4) is 0 Å². The maximum atomic E-state index is 10.9. The highest BCUT2D eigenvalue weighted by Crippen LogP contribution is 2.23. The lowest BCUT2D eigenvalue weighted by Gasteiger charge is -2.34. The minimum Gasteiger partial charge on any atom is -0.480 e. The second kappa shape index (κ2) is 5.37. The summed E-state index contributed by atoms with van der Waals surface area (Å²) in [6.45, 7) is 5.94. The molecular formula is C15H20N4O2. The van der Waals surface area contributed by atoms with Crippen molar-refractivity contribution < 1.29 is 9.90 Å². The van der Waals surface area contributed by atoms with Gasteiger partial charge in [-0.2, -0.15) is 0 Å². The van der Waals surface area contributed by atoms with E-state index in [1.54, 1.807) is 4.57 Å². The molecule has 21 heavy (non-hydrogen) atoms. The number of likely N-dealkylation sites (N-methyl/N-ethyl adjacent to an activating group) is 1. The number of benzene rings is 1. The summed E-state index contributed by atoms with van der Waals surface area (Å²) in [6.07, 6.45) is 0. The molecule has 0 radical (unpaired) electrons. The number of piperazine rings is 1. The molecule has 0 amide bonds. The van der Waals surface area contributed by atoms with Gasteiger partial charge < -0.3 is 19.5 Å². The van der Waals surface area contributed by atoms with Crippen molar-refractivity contribution >= 4 is 22.7 Å². The standard InChI is InChI=1S/C15H20N4O2/c1-11-16-13-9-12(18-7-5-17(2)6-8-18)3-4-14(13)19(11)10-15(20)21/h3-4,9H,5-8,10H2,1-2H3,(H,20,21). The molecule has 0 unspecified atom stereocenters. The van der Waals surface area contributed by atoms with E-state index in [9.17, 15) is 4.79 Å². The lowest BCUT2D eigenvalue weighted by molar-refractivity contribution is -0.137. The highest BCUT2D eigenvalue weighted by molar-refractivity contribution is 5.82. The summed E-state index contributed by atoms with van der Waals surface area (Å²) in [4.78, 5) is 20.1. The van der Waals surface area contributed by atoms with Crippen molar-refractivity contribution in [1.29, 1.82) is 0 Å². The van der Waals surface area contributed by atoms with Crippen molar-refractivity contribution in [1.82, 2.24) is 14.5 Å². The number of imidazole rings is 1. The van der Waals surface area contributed by atoms with Crippen molar-refractivity contribution in [3.05, 3.63) is 24.0 Å². The van der Waals surface area contributed by atoms with Crippen LogP contribution in [0.2, 0.25) is 0 Å². The van der Waals surface area contributed by atoms with Crippen LogP contribution in [0.25, 0.3) is 11.0 Å². The molecule has 3 rings (SSSR count). The number of hydrogen-bond donors (Lipinski definition) is 1. The summed E-state index contributed by atoms with van der Waals surface area (Å²) in [5.74, 6) is -0.108. The van der Waals surface area contributed by atoms with E-state index in [1.165, 1.54) is 0 Å². The molecule has 0 aliphatic carbocycles. The largest absolute Gasteiger partial charge is 0.480 e. The van der Waals surface area contributed by atoms with E-state index >= 15 is 0 Å². The van der Waals surface area contributed by atoms with Crippen molar-refractivity contribution in [2.75, 3.05) is 38.1 Å². The molecule has 2 heterocycles. The highest BCUT2D eigenvalue weighted by atomic mass is 16.4. The fraction of sp³-hybridized carbons (Fsp3) is 0.467. The van der Waals surface area contributed by atoms with E-state index in [-0.39, 0.29) is 6.54 Å². The van der Waals surface area contributed by atoms with Gasteiger partial charge in [-0.3, -0.25) is 4.79 Å². The van der Waals surface area contributed by atoms with E-state index < -0.39 is 5.97 Å². The zero-order chi connectivity index (χ0) is 15.0. The summed E-state index contributed by atoms with van der Waals surface area (Å²) in [7, 11) is 2.14. The molecule has 1 saturated heterocycles. The van der Waals surface area contributed by atoms with Crippen LogP contribution in [0.15, 0.2) is 18.2 Å². The molecule has 2 aromatic rings. The van der Waals surface area contributed by atoms with Crippen molar-refractivity contribution in [3.8, 4) is 0 Å². The van der Waals surface area contributed by atoms with Crippen molar-refractivity contribution in [2.24, 2.45) is 0 Å². The maximum Gasteiger partial charge on any atom is 0.323 e. The highest BCUT2D eigenvalue weighted by Gasteiger charge is 2.16. The van der Waals surface area contributed by atoms with Gasteiger partial charge in [-0.15, -0.1) is 0 Å². The predicted octanol–water partition coefficient (Wildman–Crippen LogP) is 1.18. The number of aryl methyl sites for hydroxylation is 1. The first-order valence-electron chi connectivity index (χ1n) is 7.17. The molecule has 0 saturated carbocycles. The number of aliphatic carboxylic acids is 1. The first-order valence-corrected chi connectivity index (χ1v) is 7.17. The monoisotopic (exact) mass is 288 g/mol. The van der Waals surface area contributed by atoms with Gasteiger partial charge >= 0.3 is 5.97 Å². The molecule has 1 N–H and O–H groups in total. The smallest absolute Gasteiger partial charge is 0.323 e. The van der Waals surface area contributed by atoms with Crippen molar-refractivity contribution in [2.45, 2.75) is 13.5 Å². The van der Waals surface area contributed by atoms with Crippen LogP contribution in [0.1, 0.15) is 5.82 Å². The number of anilines is 1. The number of hydrogen-bond acceptors (Lipinski definition) is 4. The normalized spacial score (nSPS) is 16.6. The van der Waals surface area contributed by atoms with E-state index in [1.807, 2.05) is 13.0 Å². The van der Waals surface area contributed by atoms with Crippen LogP contribution in [-0.2, 0) is 11.3 Å². The van der Waals surface area contributed by atoms with Gasteiger partial charge in [0.05, 0.1) is 11.0 Å². The van der Waals surface area contributed by atoms with Crippen molar-refractivity contribution in [3.63, 3.8) is 0 Å². The van der Waals surface area contributed by atoms with E-state index in [0.717, 1.165) is 48.7 Å². The zero-order valence-electron chi connectivity index (χ0n) is 12.4. The van der Waals surface area contributed by atoms with Gasteiger partial charge in [-0.1, -0.05) is 0 Å². The van der Waals surface area contributed by atoms with E-state index in [0.29, 0.717) is 0 Å². The van der Waals surface area contributed by atoms with Gasteiger partial charge in [0, 0.05) is 31.9 Å². The number of carboxylic acid groups (broad SMARTS) is 1. The van der Waals surface area contributed by atoms with Crippen LogP contribution in [-0.4, -0.2) is 58.8 Å². The van der Waals surface area contributed by atoms with Gasteiger partial charge in [0.2, 0.25) is 0 Å². The fourth-order valence-electron chi connectivity index (χ4n) is 2.83. The topological polar surface area (TPSA) is 61.6 Å². The summed E-state index contributed by atoms with van der Waals surface area (Å²) < 4.78 is 1.74. The summed E-state index contributed by atoms with van der Waals surface area (Å²) >= 11 is 0. The van der Waals surface area contributed by atoms with Crippen LogP contribution < -0.4 is 4.90 Å². The molecule has 6 nitrogen and oxygen atoms in total. The molecule has 0 bridgehead atoms. The number of carboxylic acids is 1. The molecule has 6 heteroatoms. The summed E-state index contributed by atoms with van der Waals surface area (Å²) in [5.41, 5.74) is 2.91. The Morgan fingerprint density at radius 2 is 2.00 bits per heavy atom. The number of nitrogens with zero attached hydrogens (tertiary/aromatic N) is 4.